The van der Waals surface area contributed by atoms with Crippen molar-refractivity contribution in [2.75, 3.05) is 0 Å². The summed E-state index contributed by atoms with van der Waals surface area (Å²) in [6.07, 6.45) is 1.13. The van der Waals surface area contributed by atoms with Gasteiger partial charge in [0.05, 0.1) is 0 Å². The first-order valence-corrected chi connectivity index (χ1v) is 5.15. The predicted molar refractivity (Wildman–Crippen MR) is 58.4 cm³/mol. The van der Waals surface area contributed by atoms with Crippen molar-refractivity contribution in [1.82, 2.24) is 4.57 Å². The lowest BCUT2D eigenvalue weighted by Crippen LogP contribution is -1.97. The van der Waals surface area contributed by atoms with Crippen LogP contribution >= 0.6 is 0 Å². The molecule has 74 valence electrons. The van der Waals surface area contributed by atoms with Crippen LogP contribution in [0.3, 0.4) is 0 Å². The molecule has 13 heavy (non-hydrogen) atoms. The average Bonchev–Trinajstić information content (AvgIpc) is 2.24. The Labute approximate surface area is 81.8 Å². The van der Waals surface area contributed by atoms with Gasteiger partial charge >= 0.3 is 0 Å². The van der Waals surface area contributed by atoms with Gasteiger partial charge in [-0.1, -0.05) is 20.8 Å². The largest absolute Gasteiger partial charge is 0.351 e. The van der Waals surface area contributed by atoms with Gasteiger partial charge in [0.15, 0.2) is 0 Å². The molecule has 1 heteroatoms. The van der Waals surface area contributed by atoms with Crippen molar-refractivity contribution < 1.29 is 0 Å². The fraction of sp³-hybridized carbons (Fsp3) is 0.667. The zero-order valence-electron chi connectivity index (χ0n) is 9.73. The molecule has 0 saturated heterocycles. The maximum atomic E-state index is 2.34. The molecule has 0 bridgehead atoms. The first-order valence-electron chi connectivity index (χ1n) is 5.15. The van der Waals surface area contributed by atoms with E-state index in [0.717, 1.165) is 6.42 Å². The second kappa shape index (κ2) is 3.57. The Morgan fingerprint density at radius 2 is 1.77 bits per heavy atom. The molecule has 0 fully saturated rings. The molecule has 0 aromatic carbocycles. The van der Waals surface area contributed by atoms with Crippen LogP contribution < -0.4 is 0 Å². The van der Waals surface area contributed by atoms with Crippen LogP contribution in [0.25, 0.3) is 0 Å². The van der Waals surface area contributed by atoms with Crippen LogP contribution in [0.15, 0.2) is 0 Å². The van der Waals surface area contributed by atoms with Gasteiger partial charge in [0.2, 0.25) is 0 Å². The Balaban J connectivity index is 3.36. The van der Waals surface area contributed by atoms with Crippen LogP contribution in [-0.4, -0.2) is 4.57 Å². The van der Waals surface area contributed by atoms with E-state index in [-0.39, 0.29) is 0 Å². The van der Waals surface area contributed by atoms with E-state index in [2.05, 4.69) is 46.2 Å². The Hall–Kier alpha value is -0.720. The molecule has 1 aromatic heterocycles. The minimum absolute atomic E-state index is 0.645. The highest BCUT2D eigenvalue weighted by Gasteiger charge is 2.15. The van der Waals surface area contributed by atoms with Gasteiger partial charge in [-0.3, -0.25) is 0 Å². The molecule has 0 N–H and O–H groups in total. The van der Waals surface area contributed by atoms with Crippen LogP contribution in [-0.2, 0) is 13.5 Å². The fourth-order valence-corrected chi connectivity index (χ4v) is 2.41. The molecule has 0 amide bonds. The van der Waals surface area contributed by atoms with E-state index in [4.69, 9.17) is 0 Å². The second-order valence-electron chi connectivity index (χ2n) is 4.14. The summed E-state index contributed by atoms with van der Waals surface area (Å²) in [5, 5.41) is 0. The summed E-state index contributed by atoms with van der Waals surface area (Å²) in [5.74, 6) is 0.645. The number of hydrogen-bond donors (Lipinski definition) is 0. The average molecular weight is 179 g/mol. The summed E-state index contributed by atoms with van der Waals surface area (Å²) in [6, 6.07) is 0. The van der Waals surface area contributed by atoms with E-state index in [1.807, 2.05) is 0 Å². The Morgan fingerprint density at radius 1 is 1.23 bits per heavy atom. The predicted octanol–water partition coefficient (Wildman–Crippen LogP) is 3.33. The molecule has 1 nitrogen and oxygen atoms in total. The molecule has 1 aromatic rings. The highest BCUT2D eigenvalue weighted by Crippen LogP contribution is 2.27. The Kier molecular flexibility index (Phi) is 2.84. The normalized spacial score (nSPS) is 11.3. The molecule has 0 atom stereocenters. The van der Waals surface area contributed by atoms with Crippen LogP contribution in [0.2, 0.25) is 0 Å². The van der Waals surface area contributed by atoms with Crippen molar-refractivity contribution in [2.45, 2.75) is 47.0 Å². The molecular formula is C12H21N. The van der Waals surface area contributed by atoms with Crippen molar-refractivity contribution in [3.8, 4) is 0 Å². The first-order chi connectivity index (χ1) is 6.00. The smallest absolute Gasteiger partial charge is 0.0203 e. The Morgan fingerprint density at radius 3 is 2.00 bits per heavy atom. The van der Waals surface area contributed by atoms with E-state index in [1.165, 1.54) is 17.0 Å². The molecule has 0 aliphatic rings. The summed E-state index contributed by atoms with van der Waals surface area (Å²) in [4.78, 5) is 0. The molecule has 1 rings (SSSR count). The SMILES string of the molecule is CCc1c(C)c(C(C)C)c(C)n1C. The van der Waals surface area contributed by atoms with E-state index in [9.17, 15) is 0 Å². The van der Waals surface area contributed by atoms with Crippen molar-refractivity contribution in [2.24, 2.45) is 7.05 Å². The number of nitrogens with zero attached hydrogens (tertiary/aromatic N) is 1. The van der Waals surface area contributed by atoms with Gasteiger partial charge in [-0.05, 0) is 37.3 Å². The Bertz CT molecular complexity index is 305. The molecule has 0 aliphatic carbocycles. The number of rotatable bonds is 2. The topological polar surface area (TPSA) is 4.93 Å². The van der Waals surface area contributed by atoms with Gasteiger partial charge in [-0.15, -0.1) is 0 Å². The lowest BCUT2D eigenvalue weighted by atomic mass is 9.98. The van der Waals surface area contributed by atoms with Crippen molar-refractivity contribution in [3.05, 3.63) is 22.5 Å². The van der Waals surface area contributed by atoms with Crippen LogP contribution in [0, 0.1) is 13.8 Å². The maximum absolute atomic E-state index is 2.34. The van der Waals surface area contributed by atoms with E-state index in [0.29, 0.717) is 5.92 Å². The van der Waals surface area contributed by atoms with Gasteiger partial charge in [0.1, 0.15) is 0 Å². The van der Waals surface area contributed by atoms with E-state index >= 15 is 0 Å². The number of hydrogen-bond acceptors (Lipinski definition) is 0. The zero-order valence-corrected chi connectivity index (χ0v) is 9.73. The van der Waals surface area contributed by atoms with Gasteiger partial charge in [0, 0.05) is 18.4 Å². The summed E-state index contributed by atoms with van der Waals surface area (Å²) in [6.45, 7) is 11.2. The third-order valence-corrected chi connectivity index (χ3v) is 3.05. The lowest BCUT2D eigenvalue weighted by molar-refractivity contribution is 0.787. The van der Waals surface area contributed by atoms with Crippen LogP contribution in [0.5, 0.6) is 0 Å². The summed E-state index contributed by atoms with van der Waals surface area (Å²) < 4.78 is 2.34. The van der Waals surface area contributed by atoms with Crippen molar-refractivity contribution in [3.63, 3.8) is 0 Å². The van der Waals surface area contributed by atoms with Gasteiger partial charge in [-0.2, -0.15) is 0 Å². The van der Waals surface area contributed by atoms with Crippen LogP contribution in [0.4, 0.5) is 0 Å². The summed E-state index contributed by atoms with van der Waals surface area (Å²) in [7, 11) is 2.17. The highest BCUT2D eigenvalue weighted by molar-refractivity contribution is 5.39. The molecular weight excluding hydrogens is 158 g/mol. The standard InChI is InChI=1S/C12H21N/c1-7-11-9(4)12(8(2)3)10(5)13(11)6/h8H,7H2,1-6H3. The second-order valence-corrected chi connectivity index (χ2v) is 4.14. The molecule has 1 heterocycles. The highest BCUT2D eigenvalue weighted by atomic mass is 15.0. The van der Waals surface area contributed by atoms with Gasteiger partial charge < -0.3 is 4.57 Å². The third-order valence-electron chi connectivity index (χ3n) is 3.05. The van der Waals surface area contributed by atoms with E-state index in [1.54, 1.807) is 5.56 Å². The third kappa shape index (κ3) is 1.52. The minimum Gasteiger partial charge on any atom is -0.351 e. The minimum atomic E-state index is 0.645. The van der Waals surface area contributed by atoms with Crippen molar-refractivity contribution in [1.29, 1.82) is 0 Å². The monoisotopic (exact) mass is 179 g/mol. The molecule has 0 saturated carbocycles. The quantitative estimate of drug-likeness (QED) is 0.656. The molecule has 0 spiro atoms. The zero-order chi connectivity index (χ0) is 10.2. The number of aromatic nitrogens is 1. The van der Waals surface area contributed by atoms with Crippen LogP contribution in [0.1, 0.15) is 49.2 Å². The summed E-state index contributed by atoms with van der Waals surface area (Å²) in [5.41, 5.74) is 5.96. The molecule has 0 aliphatic heterocycles. The molecule has 0 radical (unpaired) electrons. The molecule has 0 unspecified atom stereocenters. The first kappa shape index (κ1) is 10.4. The van der Waals surface area contributed by atoms with Gasteiger partial charge in [-0.25, -0.2) is 0 Å². The lowest BCUT2D eigenvalue weighted by Gasteiger charge is -2.06. The maximum Gasteiger partial charge on any atom is 0.0203 e. The van der Waals surface area contributed by atoms with E-state index < -0.39 is 0 Å². The fourth-order valence-electron chi connectivity index (χ4n) is 2.41. The van der Waals surface area contributed by atoms with Gasteiger partial charge in [0.25, 0.3) is 0 Å². The summed E-state index contributed by atoms with van der Waals surface area (Å²) >= 11 is 0. The van der Waals surface area contributed by atoms with Crippen molar-refractivity contribution >= 4 is 0 Å².